The molecule has 0 bridgehead atoms. The largest absolute Gasteiger partial charge is 0.493 e. The maximum atomic E-state index is 12.3. The average Bonchev–Trinajstić information content (AvgIpc) is 3.18. The summed E-state index contributed by atoms with van der Waals surface area (Å²) in [4.78, 5) is 28.4. The first-order chi connectivity index (χ1) is 15.0. The van der Waals surface area contributed by atoms with E-state index in [0.717, 1.165) is 12.1 Å². The van der Waals surface area contributed by atoms with E-state index in [1.807, 2.05) is 30.5 Å². The summed E-state index contributed by atoms with van der Waals surface area (Å²) < 4.78 is 5.72. The minimum Gasteiger partial charge on any atom is -0.493 e. The summed E-state index contributed by atoms with van der Waals surface area (Å²) in [5.41, 5.74) is 7.46. The monoisotopic (exact) mass is 454 g/mol. The molecule has 1 heterocycles. The van der Waals surface area contributed by atoms with Crippen LogP contribution in [0.2, 0.25) is 0 Å². The molecule has 9 heteroatoms. The highest BCUT2D eigenvalue weighted by molar-refractivity contribution is 7.80. The van der Waals surface area contributed by atoms with Gasteiger partial charge in [-0.25, -0.2) is 4.98 Å². The number of thiazole rings is 1. The lowest BCUT2D eigenvalue weighted by Gasteiger charge is -2.11. The van der Waals surface area contributed by atoms with E-state index < -0.39 is 5.91 Å². The molecule has 0 saturated carbocycles. The number of amides is 2. The Labute approximate surface area is 189 Å². The summed E-state index contributed by atoms with van der Waals surface area (Å²) in [6.07, 6.45) is 0.935. The second kappa shape index (κ2) is 11.2. The number of carbonyl (C=O) groups is 2. The highest BCUT2D eigenvalue weighted by atomic mass is 32.1. The quantitative estimate of drug-likeness (QED) is 0.376. The van der Waals surface area contributed by atoms with Gasteiger partial charge in [0.1, 0.15) is 10.8 Å². The number of benzene rings is 2. The van der Waals surface area contributed by atoms with Crippen LogP contribution in [0.3, 0.4) is 0 Å². The molecule has 31 heavy (non-hydrogen) atoms. The van der Waals surface area contributed by atoms with Crippen molar-refractivity contribution in [2.45, 2.75) is 19.8 Å². The molecular weight excluding hydrogens is 432 g/mol. The lowest BCUT2D eigenvalue weighted by molar-refractivity contribution is -0.121. The average molecular weight is 455 g/mol. The Bertz CT molecular complexity index is 1040. The summed E-state index contributed by atoms with van der Waals surface area (Å²) in [6, 6.07) is 16.8. The number of nitrogens with zero attached hydrogens (tertiary/aromatic N) is 1. The van der Waals surface area contributed by atoms with E-state index in [0.29, 0.717) is 22.9 Å². The second-order valence-corrected chi connectivity index (χ2v) is 7.98. The number of thiocarbonyl (C=S) groups is 1. The topological polar surface area (TPSA) is 92.4 Å². The van der Waals surface area contributed by atoms with Crippen molar-refractivity contribution >= 4 is 40.5 Å². The fourth-order valence-electron chi connectivity index (χ4n) is 2.63. The molecular formula is C22H22N4O3S2. The molecule has 0 atom stereocenters. The van der Waals surface area contributed by atoms with Crippen molar-refractivity contribution in [3.63, 3.8) is 0 Å². The van der Waals surface area contributed by atoms with Gasteiger partial charge in [0.2, 0.25) is 5.91 Å². The molecule has 3 N–H and O–H groups in total. The normalized spacial score (nSPS) is 10.2. The molecule has 0 spiro atoms. The van der Waals surface area contributed by atoms with Crippen molar-refractivity contribution < 1.29 is 14.3 Å². The van der Waals surface area contributed by atoms with Gasteiger partial charge in [-0.3, -0.25) is 25.8 Å². The van der Waals surface area contributed by atoms with Crippen LogP contribution in [0.4, 0.5) is 0 Å². The zero-order valence-corrected chi connectivity index (χ0v) is 18.5. The third kappa shape index (κ3) is 7.47. The van der Waals surface area contributed by atoms with E-state index in [1.54, 1.807) is 24.3 Å². The Morgan fingerprint density at radius 3 is 2.48 bits per heavy atom. The van der Waals surface area contributed by atoms with Crippen LogP contribution in [0.5, 0.6) is 5.75 Å². The Kier molecular flexibility index (Phi) is 8.08. The van der Waals surface area contributed by atoms with Crippen LogP contribution in [0, 0.1) is 6.92 Å². The van der Waals surface area contributed by atoms with E-state index in [1.165, 1.54) is 16.9 Å². The molecule has 0 fully saturated rings. The Morgan fingerprint density at radius 1 is 1.06 bits per heavy atom. The minimum absolute atomic E-state index is 0.00291. The summed E-state index contributed by atoms with van der Waals surface area (Å²) >= 11 is 6.46. The van der Waals surface area contributed by atoms with Crippen LogP contribution in [0.25, 0.3) is 0 Å². The minimum atomic E-state index is -0.391. The first-order valence-electron chi connectivity index (χ1n) is 9.57. The van der Waals surface area contributed by atoms with Gasteiger partial charge < -0.3 is 4.74 Å². The SMILES string of the molecule is Cc1csc(CC(=O)NNC(=S)NC(=O)c2ccc(OCCc3ccccc3)cc2)n1. The summed E-state index contributed by atoms with van der Waals surface area (Å²) in [7, 11) is 0. The molecule has 0 unspecified atom stereocenters. The summed E-state index contributed by atoms with van der Waals surface area (Å²) in [6.45, 7) is 2.41. The van der Waals surface area contributed by atoms with Gasteiger partial charge in [0.05, 0.1) is 13.0 Å². The van der Waals surface area contributed by atoms with Gasteiger partial charge in [-0.15, -0.1) is 11.3 Å². The standard InChI is InChI=1S/C22H22N4O3S2/c1-15-14-31-20(23-15)13-19(27)25-26-22(30)24-21(28)17-7-9-18(10-8-17)29-12-11-16-5-3-2-4-6-16/h2-10,14H,11-13H2,1H3,(H,25,27)(H2,24,26,28,30). The van der Waals surface area contributed by atoms with Gasteiger partial charge in [0.15, 0.2) is 5.11 Å². The van der Waals surface area contributed by atoms with E-state index >= 15 is 0 Å². The highest BCUT2D eigenvalue weighted by Crippen LogP contribution is 2.13. The molecule has 0 aliphatic rings. The number of hydrogen-bond donors (Lipinski definition) is 3. The van der Waals surface area contributed by atoms with Crippen LogP contribution in [0.1, 0.15) is 26.6 Å². The number of rotatable bonds is 7. The predicted molar refractivity (Wildman–Crippen MR) is 124 cm³/mol. The first kappa shape index (κ1) is 22.4. The maximum absolute atomic E-state index is 12.3. The van der Waals surface area contributed by atoms with Crippen LogP contribution in [-0.4, -0.2) is 28.5 Å². The molecule has 3 aromatic rings. The molecule has 160 valence electrons. The molecule has 3 rings (SSSR count). The second-order valence-electron chi connectivity index (χ2n) is 6.62. The van der Waals surface area contributed by atoms with Crippen molar-refractivity contribution in [2.24, 2.45) is 0 Å². The van der Waals surface area contributed by atoms with Crippen LogP contribution < -0.4 is 20.9 Å². The van der Waals surface area contributed by atoms with E-state index in [2.05, 4.69) is 33.3 Å². The molecule has 0 saturated heterocycles. The molecule has 2 amide bonds. The fraction of sp³-hybridized carbons (Fsp3) is 0.182. The van der Waals surface area contributed by atoms with E-state index in [4.69, 9.17) is 17.0 Å². The number of aromatic nitrogens is 1. The smallest absolute Gasteiger partial charge is 0.257 e. The predicted octanol–water partition coefficient (Wildman–Crippen LogP) is 2.95. The number of aryl methyl sites for hydroxylation is 1. The van der Waals surface area contributed by atoms with E-state index in [9.17, 15) is 9.59 Å². The summed E-state index contributed by atoms with van der Waals surface area (Å²) in [5, 5.41) is 5.10. The number of nitrogens with one attached hydrogen (secondary N) is 3. The van der Waals surface area contributed by atoms with E-state index in [-0.39, 0.29) is 17.4 Å². The van der Waals surface area contributed by atoms with Gasteiger partial charge in [0, 0.05) is 23.1 Å². The third-order valence-electron chi connectivity index (χ3n) is 4.14. The maximum Gasteiger partial charge on any atom is 0.257 e. The van der Waals surface area contributed by atoms with Gasteiger partial charge in [-0.1, -0.05) is 30.3 Å². The summed E-state index contributed by atoms with van der Waals surface area (Å²) in [5.74, 6) is -0.0149. The molecule has 0 aliphatic heterocycles. The Morgan fingerprint density at radius 2 is 1.81 bits per heavy atom. The Balaban J connectivity index is 1.39. The molecule has 7 nitrogen and oxygen atoms in total. The highest BCUT2D eigenvalue weighted by Gasteiger charge is 2.10. The molecule has 2 aromatic carbocycles. The number of hydrogen-bond acceptors (Lipinski definition) is 6. The van der Waals surface area contributed by atoms with Gasteiger partial charge in [0.25, 0.3) is 5.91 Å². The zero-order chi connectivity index (χ0) is 22.1. The van der Waals surface area contributed by atoms with Crippen molar-refractivity contribution in [2.75, 3.05) is 6.61 Å². The zero-order valence-electron chi connectivity index (χ0n) is 16.9. The lowest BCUT2D eigenvalue weighted by Crippen LogP contribution is -2.48. The van der Waals surface area contributed by atoms with Crippen molar-refractivity contribution in [3.05, 3.63) is 81.8 Å². The van der Waals surface area contributed by atoms with Gasteiger partial charge in [-0.05, 0) is 49.0 Å². The van der Waals surface area contributed by atoms with Crippen molar-refractivity contribution in [3.8, 4) is 5.75 Å². The van der Waals surface area contributed by atoms with Gasteiger partial charge in [-0.2, -0.15) is 0 Å². The molecule has 0 aliphatic carbocycles. The number of hydrazine groups is 1. The van der Waals surface area contributed by atoms with Gasteiger partial charge >= 0.3 is 0 Å². The molecule has 1 aromatic heterocycles. The number of carbonyl (C=O) groups excluding carboxylic acids is 2. The van der Waals surface area contributed by atoms with Crippen LogP contribution in [-0.2, 0) is 17.6 Å². The fourth-order valence-corrected chi connectivity index (χ4v) is 3.55. The first-order valence-corrected chi connectivity index (χ1v) is 10.9. The lowest BCUT2D eigenvalue weighted by atomic mass is 10.2. The third-order valence-corrected chi connectivity index (χ3v) is 5.31. The number of ether oxygens (including phenoxy) is 1. The van der Waals surface area contributed by atoms with Crippen molar-refractivity contribution in [1.82, 2.24) is 21.2 Å². The molecule has 0 radical (unpaired) electrons. The van der Waals surface area contributed by atoms with Crippen LogP contribution in [0.15, 0.2) is 60.0 Å². The van der Waals surface area contributed by atoms with Crippen LogP contribution >= 0.6 is 23.6 Å². The van der Waals surface area contributed by atoms with Crippen molar-refractivity contribution in [1.29, 1.82) is 0 Å². The Hall–Kier alpha value is -3.30.